The Bertz CT molecular complexity index is 1670. The van der Waals surface area contributed by atoms with Crippen LogP contribution in [0.5, 0.6) is 0 Å². The Labute approximate surface area is 232 Å². The number of benzene rings is 4. The first-order valence-corrected chi connectivity index (χ1v) is 12.6. The zero-order valence-corrected chi connectivity index (χ0v) is 21.2. The van der Waals surface area contributed by atoms with Gasteiger partial charge in [-0.25, -0.2) is 18.4 Å². The van der Waals surface area contributed by atoms with Crippen LogP contribution in [0.2, 0.25) is 0 Å². The molecule has 0 saturated heterocycles. The number of rotatable bonds is 6. The van der Waals surface area contributed by atoms with Crippen LogP contribution in [0.4, 0.5) is 19.3 Å². The number of hydrogen-bond donors (Lipinski definition) is 1. The number of carbonyl (C=O) groups excluding carboxylic acids is 4. The molecule has 41 heavy (non-hydrogen) atoms. The summed E-state index contributed by atoms with van der Waals surface area (Å²) in [6, 6.07) is 22.9. The molecule has 1 aliphatic carbocycles. The predicted molar refractivity (Wildman–Crippen MR) is 142 cm³/mol. The van der Waals surface area contributed by atoms with Crippen LogP contribution < -0.4 is 5.32 Å². The molecule has 10 heteroatoms. The summed E-state index contributed by atoms with van der Waals surface area (Å²) in [5, 5.41) is 2.48. The minimum absolute atomic E-state index is 0.0221. The van der Waals surface area contributed by atoms with E-state index in [2.05, 4.69) is 5.32 Å². The van der Waals surface area contributed by atoms with Crippen LogP contribution in [0.1, 0.15) is 43.3 Å². The molecule has 0 saturated carbocycles. The zero-order chi connectivity index (χ0) is 28.7. The van der Waals surface area contributed by atoms with Gasteiger partial charge in [0, 0.05) is 17.5 Å². The molecule has 0 bridgehead atoms. The van der Waals surface area contributed by atoms with Crippen molar-refractivity contribution in [1.29, 1.82) is 0 Å². The third kappa shape index (κ3) is 4.69. The van der Waals surface area contributed by atoms with Crippen LogP contribution in [0.3, 0.4) is 0 Å². The Morgan fingerprint density at radius 1 is 0.756 bits per heavy atom. The molecular weight excluding hydrogens is 534 g/mol. The summed E-state index contributed by atoms with van der Waals surface area (Å²) in [5.41, 5.74) is 3.31. The van der Waals surface area contributed by atoms with Crippen LogP contribution in [0.25, 0.3) is 11.1 Å². The first-order chi connectivity index (χ1) is 19.8. The molecule has 4 aromatic rings. The molecule has 0 fully saturated rings. The lowest BCUT2D eigenvalue weighted by Gasteiger charge is -2.15. The normalized spacial score (nSPS) is 13.5. The second-order valence-corrected chi connectivity index (χ2v) is 9.46. The first-order valence-electron chi connectivity index (χ1n) is 12.6. The van der Waals surface area contributed by atoms with Gasteiger partial charge in [-0.05, 0) is 40.5 Å². The summed E-state index contributed by atoms with van der Waals surface area (Å²) in [6.45, 7) is -0.0221. The highest BCUT2D eigenvalue weighted by atomic mass is 19.1. The maximum Gasteiger partial charge on any atom is 0.411 e. The molecule has 204 valence electrons. The fourth-order valence-electron chi connectivity index (χ4n) is 5.10. The Morgan fingerprint density at radius 3 is 1.88 bits per heavy atom. The smallest absolute Gasteiger partial charge is 0.411 e. The van der Waals surface area contributed by atoms with Crippen LogP contribution in [0, 0.1) is 11.6 Å². The maximum absolute atomic E-state index is 14.8. The number of halogens is 2. The number of ether oxygens (including phenoxy) is 1. The Kier molecular flexibility index (Phi) is 6.50. The summed E-state index contributed by atoms with van der Waals surface area (Å²) < 4.78 is 34.9. The number of fused-ring (bicyclic) bond motifs is 4. The predicted octanol–water partition coefficient (Wildman–Crippen LogP) is 5.62. The average molecular weight is 555 g/mol. The lowest BCUT2D eigenvalue weighted by atomic mass is 9.98. The second-order valence-electron chi connectivity index (χ2n) is 9.46. The van der Waals surface area contributed by atoms with Gasteiger partial charge in [0.25, 0.3) is 11.8 Å². The average Bonchev–Trinajstić information content (AvgIpc) is 3.42. The molecule has 0 radical (unpaired) electrons. The van der Waals surface area contributed by atoms with Gasteiger partial charge >= 0.3 is 12.1 Å². The van der Waals surface area contributed by atoms with Crippen molar-refractivity contribution in [2.75, 3.05) is 11.9 Å². The molecule has 8 nitrogen and oxygen atoms in total. The van der Waals surface area contributed by atoms with E-state index in [1.807, 2.05) is 48.5 Å². The van der Waals surface area contributed by atoms with E-state index in [4.69, 9.17) is 9.57 Å². The Morgan fingerprint density at radius 2 is 1.29 bits per heavy atom. The molecule has 6 rings (SSSR count). The number of imide groups is 1. The van der Waals surface area contributed by atoms with Crippen LogP contribution in [0.15, 0.2) is 84.9 Å². The fourth-order valence-corrected chi connectivity index (χ4v) is 5.10. The highest BCUT2D eigenvalue weighted by Gasteiger charge is 2.38. The first kappa shape index (κ1) is 25.9. The van der Waals surface area contributed by atoms with Crippen molar-refractivity contribution in [3.8, 4) is 11.1 Å². The molecule has 1 aliphatic heterocycles. The summed E-state index contributed by atoms with van der Waals surface area (Å²) in [7, 11) is 0. The van der Waals surface area contributed by atoms with Gasteiger partial charge in [0.1, 0.15) is 18.2 Å². The summed E-state index contributed by atoms with van der Waals surface area (Å²) >= 11 is 0. The minimum atomic E-state index is -1.16. The van der Waals surface area contributed by atoms with Crippen LogP contribution in [-0.2, 0) is 20.8 Å². The van der Waals surface area contributed by atoms with E-state index in [1.54, 1.807) is 12.1 Å². The Balaban J connectivity index is 1.09. The number of amides is 3. The molecular formula is C31H20F2N2O6. The van der Waals surface area contributed by atoms with E-state index in [0.717, 1.165) is 28.3 Å². The topological polar surface area (TPSA) is 102 Å². The Hall–Kier alpha value is -5.38. The standard InChI is InChI=1S/C31H20F2N2O6/c32-25-15-27(34-31(39)40-16-24-20-9-3-1-7-18(20)19-8-2-4-10-21(19)24)26(33)13-17(25)14-28(36)41-35-29(37)22-11-5-6-12-23(22)30(35)38/h1-13,15,24H,14,16H2,(H,34,39). The largest absolute Gasteiger partial charge is 0.448 e. The van der Waals surface area contributed by atoms with Gasteiger partial charge in [-0.1, -0.05) is 65.7 Å². The highest BCUT2D eigenvalue weighted by Crippen LogP contribution is 2.44. The van der Waals surface area contributed by atoms with Crippen molar-refractivity contribution in [3.05, 3.63) is 124 Å². The summed E-state index contributed by atoms with van der Waals surface area (Å²) in [5.74, 6) is -5.09. The number of nitrogens with one attached hydrogen (secondary N) is 1. The molecule has 0 aromatic heterocycles. The number of carbonyl (C=O) groups is 4. The molecule has 3 amide bonds. The third-order valence-corrected chi connectivity index (χ3v) is 7.00. The van der Waals surface area contributed by atoms with E-state index in [0.29, 0.717) is 6.07 Å². The van der Waals surface area contributed by atoms with Crippen LogP contribution in [-0.4, -0.2) is 35.5 Å². The summed E-state index contributed by atoms with van der Waals surface area (Å²) in [6.07, 6.45) is -1.76. The van der Waals surface area contributed by atoms with Crippen molar-refractivity contribution in [2.45, 2.75) is 12.3 Å². The monoisotopic (exact) mass is 554 g/mol. The highest BCUT2D eigenvalue weighted by molar-refractivity contribution is 6.20. The molecule has 0 spiro atoms. The lowest BCUT2D eigenvalue weighted by Crippen LogP contribution is -2.33. The number of nitrogens with zero attached hydrogens (tertiary/aromatic N) is 1. The summed E-state index contributed by atoms with van der Waals surface area (Å²) in [4.78, 5) is 54.5. The third-order valence-electron chi connectivity index (χ3n) is 7.00. The van der Waals surface area contributed by atoms with Gasteiger partial charge in [0.2, 0.25) is 0 Å². The van der Waals surface area contributed by atoms with Gasteiger partial charge < -0.3 is 9.57 Å². The maximum atomic E-state index is 14.8. The number of anilines is 1. The molecule has 0 atom stereocenters. The fraction of sp³-hybridized carbons (Fsp3) is 0.0968. The molecule has 2 aliphatic rings. The van der Waals surface area contributed by atoms with Gasteiger partial charge in [0.15, 0.2) is 0 Å². The van der Waals surface area contributed by atoms with E-state index < -0.39 is 53.2 Å². The van der Waals surface area contributed by atoms with Crippen molar-refractivity contribution in [1.82, 2.24) is 5.06 Å². The zero-order valence-electron chi connectivity index (χ0n) is 21.2. The SMILES string of the molecule is O=C(Cc1cc(F)c(NC(=O)OCC2c3ccccc3-c3ccccc32)cc1F)ON1C(=O)c2ccccc2C1=O. The number of hydrogen-bond acceptors (Lipinski definition) is 6. The van der Waals surface area contributed by atoms with Crippen LogP contribution >= 0.6 is 0 Å². The lowest BCUT2D eigenvalue weighted by molar-refractivity contribution is -0.167. The van der Waals surface area contributed by atoms with Gasteiger partial charge in [0.05, 0.1) is 23.2 Å². The van der Waals surface area contributed by atoms with Gasteiger partial charge in [-0.2, -0.15) is 0 Å². The van der Waals surface area contributed by atoms with Gasteiger partial charge in [-0.3, -0.25) is 14.9 Å². The number of hydroxylamine groups is 2. The van der Waals surface area contributed by atoms with E-state index in [-0.39, 0.29) is 28.7 Å². The molecule has 4 aromatic carbocycles. The van der Waals surface area contributed by atoms with E-state index in [1.165, 1.54) is 12.1 Å². The molecule has 1 heterocycles. The van der Waals surface area contributed by atoms with Crippen molar-refractivity contribution >= 4 is 29.6 Å². The molecule has 0 unspecified atom stereocenters. The van der Waals surface area contributed by atoms with E-state index >= 15 is 0 Å². The van der Waals surface area contributed by atoms with Gasteiger partial charge in [-0.15, -0.1) is 0 Å². The minimum Gasteiger partial charge on any atom is -0.448 e. The second kappa shape index (κ2) is 10.3. The van der Waals surface area contributed by atoms with E-state index in [9.17, 15) is 28.0 Å². The van der Waals surface area contributed by atoms with Crippen molar-refractivity contribution in [3.63, 3.8) is 0 Å². The van der Waals surface area contributed by atoms with Crippen molar-refractivity contribution < 1.29 is 37.5 Å². The molecule has 1 N–H and O–H groups in total. The quantitative estimate of drug-likeness (QED) is 0.311. The van der Waals surface area contributed by atoms with Crippen molar-refractivity contribution in [2.24, 2.45) is 0 Å².